The summed E-state index contributed by atoms with van der Waals surface area (Å²) in [7, 11) is 0. The maximum Gasteiger partial charge on any atom is 0.161 e. The van der Waals surface area contributed by atoms with Crippen molar-refractivity contribution >= 4 is 0 Å². The van der Waals surface area contributed by atoms with Crippen LogP contribution < -0.4 is 19.5 Å². The van der Waals surface area contributed by atoms with Crippen LogP contribution in [0, 0.1) is 17.2 Å². The van der Waals surface area contributed by atoms with E-state index in [1.807, 2.05) is 18.2 Å². The molecule has 0 unspecified atom stereocenters. The van der Waals surface area contributed by atoms with E-state index < -0.39 is 0 Å². The normalized spacial score (nSPS) is 13.9. The second kappa shape index (κ2) is 8.59. The smallest absolute Gasteiger partial charge is 0.161 e. The van der Waals surface area contributed by atoms with Gasteiger partial charge < -0.3 is 19.5 Å². The third-order valence-corrected chi connectivity index (χ3v) is 4.31. The van der Waals surface area contributed by atoms with Crippen molar-refractivity contribution in [2.24, 2.45) is 5.92 Å². The number of benzene rings is 2. The fraction of sp³-hybridized carbons (Fsp3) is 0.381. The topological polar surface area (TPSA) is 63.5 Å². The Balaban J connectivity index is 1.56. The van der Waals surface area contributed by atoms with Crippen LogP contribution in [0.5, 0.6) is 17.2 Å². The lowest BCUT2D eigenvalue weighted by Gasteiger charge is -2.25. The zero-order chi connectivity index (χ0) is 18.4. The van der Waals surface area contributed by atoms with Crippen molar-refractivity contribution in [2.75, 3.05) is 26.4 Å². The summed E-state index contributed by atoms with van der Waals surface area (Å²) in [6.45, 7) is 6.85. The predicted octanol–water partition coefficient (Wildman–Crippen LogP) is 3.70. The van der Waals surface area contributed by atoms with Crippen LogP contribution in [-0.2, 0) is 0 Å². The molecule has 0 saturated heterocycles. The third kappa shape index (κ3) is 4.47. The molecule has 0 fully saturated rings. The van der Waals surface area contributed by atoms with Gasteiger partial charge in [-0.05, 0) is 47.9 Å². The molecule has 5 heteroatoms. The van der Waals surface area contributed by atoms with Crippen molar-refractivity contribution < 1.29 is 14.2 Å². The monoisotopic (exact) mass is 352 g/mol. The van der Waals surface area contributed by atoms with Crippen LogP contribution in [0.1, 0.15) is 31.0 Å². The van der Waals surface area contributed by atoms with Crippen molar-refractivity contribution in [3.8, 4) is 23.3 Å². The molecular formula is C21H24N2O3. The lowest BCUT2D eigenvalue weighted by atomic mass is 9.95. The maximum absolute atomic E-state index is 8.82. The molecule has 0 radical (unpaired) electrons. The molecule has 2 aromatic rings. The summed E-state index contributed by atoms with van der Waals surface area (Å²) >= 11 is 0. The minimum atomic E-state index is 0.204. The van der Waals surface area contributed by atoms with Gasteiger partial charge in [0.1, 0.15) is 25.6 Å². The largest absolute Gasteiger partial charge is 0.492 e. The number of rotatable bonds is 7. The van der Waals surface area contributed by atoms with Crippen LogP contribution in [-0.4, -0.2) is 26.4 Å². The summed E-state index contributed by atoms with van der Waals surface area (Å²) in [6.07, 6.45) is 0. The molecule has 1 heterocycles. The van der Waals surface area contributed by atoms with Gasteiger partial charge in [0, 0.05) is 12.6 Å². The highest BCUT2D eigenvalue weighted by Crippen LogP contribution is 2.34. The molecule has 1 aliphatic rings. The fourth-order valence-corrected chi connectivity index (χ4v) is 3.00. The molecule has 136 valence electrons. The molecular weight excluding hydrogens is 328 g/mol. The zero-order valence-electron chi connectivity index (χ0n) is 15.2. The van der Waals surface area contributed by atoms with E-state index >= 15 is 0 Å². The Hall–Kier alpha value is -2.71. The van der Waals surface area contributed by atoms with Gasteiger partial charge in [0.2, 0.25) is 0 Å². The summed E-state index contributed by atoms with van der Waals surface area (Å²) in [5.74, 6) is 2.82. The molecule has 0 bridgehead atoms. The average Bonchev–Trinajstić information content (AvgIpc) is 2.68. The Kier molecular flexibility index (Phi) is 5.98. The van der Waals surface area contributed by atoms with Gasteiger partial charge in [-0.1, -0.05) is 19.9 Å². The molecule has 0 spiro atoms. The highest BCUT2D eigenvalue weighted by Gasteiger charge is 2.19. The summed E-state index contributed by atoms with van der Waals surface area (Å²) in [5, 5.41) is 12.4. The van der Waals surface area contributed by atoms with Gasteiger partial charge in [-0.3, -0.25) is 0 Å². The Morgan fingerprint density at radius 1 is 1.08 bits per heavy atom. The van der Waals surface area contributed by atoms with Gasteiger partial charge >= 0.3 is 0 Å². The highest BCUT2D eigenvalue weighted by molar-refractivity contribution is 5.44. The van der Waals surface area contributed by atoms with E-state index in [1.165, 1.54) is 5.56 Å². The summed E-state index contributed by atoms with van der Waals surface area (Å²) in [4.78, 5) is 0. The summed E-state index contributed by atoms with van der Waals surface area (Å²) in [5.41, 5.74) is 1.82. The SMILES string of the molecule is CC(C)[C@@H](NCCOc1ccc(C#N)cc1)c1ccc2c(c1)OCCO2. The van der Waals surface area contributed by atoms with E-state index in [-0.39, 0.29) is 6.04 Å². The van der Waals surface area contributed by atoms with Crippen LogP contribution in [0.3, 0.4) is 0 Å². The van der Waals surface area contributed by atoms with Crippen LogP contribution in [0.15, 0.2) is 42.5 Å². The Morgan fingerprint density at radius 2 is 1.81 bits per heavy atom. The van der Waals surface area contributed by atoms with Gasteiger partial charge in [-0.25, -0.2) is 0 Å². The van der Waals surface area contributed by atoms with Crippen molar-refractivity contribution in [3.63, 3.8) is 0 Å². The second-order valence-corrected chi connectivity index (χ2v) is 6.56. The molecule has 26 heavy (non-hydrogen) atoms. The first kappa shape index (κ1) is 18.1. The van der Waals surface area contributed by atoms with Crippen molar-refractivity contribution in [2.45, 2.75) is 19.9 Å². The Labute approximate surface area is 154 Å². The second-order valence-electron chi connectivity index (χ2n) is 6.56. The number of hydrogen-bond acceptors (Lipinski definition) is 5. The molecule has 1 N–H and O–H groups in total. The number of ether oxygens (including phenoxy) is 3. The molecule has 0 aliphatic carbocycles. The number of nitrogens with one attached hydrogen (secondary N) is 1. The molecule has 1 atom stereocenters. The molecule has 0 amide bonds. The molecule has 3 rings (SSSR count). The van der Waals surface area contributed by atoms with Crippen LogP contribution in [0.2, 0.25) is 0 Å². The first-order valence-corrected chi connectivity index (χ1v) is 8.93. The first-order chi connectivity index (χ1) is 12.7. The number of hydrogen-bond donors (Lipinski definition) is 1. The summed E-state index contributed by atoms with van der Waals surface area (Å²) < 4.78 is 17.0. The van der Waals surface area contributed by atoms with Crippen molar-refractivity contribution in [1.29, 1.82) is 5.26 Å². The molecule has 5 nitrogen and oxygen atoms in total. The lowest BCUT2D eigenvalue weighted by molar-refractivity contribution is 0.171. The lowest BCUT2D eigenvalue weighted by Crippen LogP contribution is -2.29. The number of nitriles is 1. The van der Waals surface area contributed by atoms with E-state index in [0.717, 1.165) is 23.8 Å². The van der Waals surface area contributed by atoms with Crippen LogP contribution in [0.4, 0.5) is 0 Å². The van der Waals surface area contributed by atoms with Gasteiger partial charge in [0.05, 0.1) is 11.6 Å². The van der Waals surface area contributed by atoms with Gasteiger partial charge in [-0.2, -0.15) is 5.26 Å². The molecule has 2 aromatic carbocycles. The number of nitrogens with zero attached hydrogens (tertiary/aromatic N) is 1. The minimum absolute atomic E-state index is 0.204. The fourth-order valence-electron chi connectivity index (χ4n) is 3.00. The van der Waals surface area contributed by atoms with Crippen LogP contribution in [0.25, 0.3) is 0 Å². The Bertz CT molecular complexity index is 766. The zero-order valence-corrected chi connectivity index (χ0v) is 15.2. The quantitative estimate of drug-likeness (QED) is 0.770. The van der Waals surface area contributed by atoms with Crippen molar-refractivity contribution in [3.05, 3.63) is 53.6 Å². The van der Waals surface area contributed by atoms with E-state index in [2.05, 4.69) is 37.4 Å². The molecule has 0 aromatic heterocycles. The van der Waals surface area contributed by atoms with E-state index in [0.29, 0.717) is 31.3 Å². The standard InChI is InChI=1S/C21H24N2O3/c1-15(2)21(17-5-8-19-20(13-17)26-12-11-25-19)23-9-10-24-18-6-3-16(14-22)4-7-18/h3-8,13,15,21,23H,9-12H2,1-2H3/t21-/m1/s1. The Morgan fingerprint density at radius 3 is 2.50 bits per heavy atom. The van der Waals surface area contributed by atoms with Gasteiger partial charge in [0.25, 0.3) is 0 Å². The van der Waals surface area contributed by atoms with E-state index in [4.69, 9.17) is 19.5 Å². The van der Waals surface area contributed by atoms with Crippen molar-refractivity contribution in [1.82, 2.24) is 5.32 Å². The van der Waals surface area contributed by atoms with Gasteiger partial charge in [0.15, 0.2) is 11.5 Å². The van der Waals surface area contributed by atoms with E-state index in [1.54, 1.807) is 12.1 Å². The first-order valence-electron chi connectivity index (χ1n) is 8.93. The van der Waals surface area contributed by atoms with E-state index in [9.17, 15) is 0 Å². The highest BCUT2D eigenvalue weighted by atomic mass is 16.6. The van der Waals surface area contributed by atoms with Crippen LogP contribution >= 0.6 is 0 Å². The molecule has 0 saturated carbocycles. The predicted molar refractivity (Wildman–Crippen MR) is 99.7 cm³/mol. The maximum atomic E-state index is 8.82. The molecule has 1 aliphatic heterocycles. The number of fused-ring (bicyclic) bond motifs is 1. The van der Waals surface area contributed by atoms with Gasteiger partial charge in [-0.15, -0.1) is 0 Å². The minimum Gasteiger partial charge on any atom is -0.492 e. The average molecular weight is 352 g/mol. The summed E-state index contributed by atoms with van der Waals surface area (Å²) in [6, 6.07) is 15.6. The third-order valence-electron chi connectivity index (χ3n) is 4.31.